The Morgan fingerprint density at radius 2 is 1.69 bits per heavy atom. The van der Waals surface area contributed by atoms with Crippen molar-refractivity contribution in [2.24, 2.45) is 5.10 Å². The third-order valence-corrected chi connectivity index (χ3v) is 3.78. The zero-order chi connectivity index (χ0) is 18.4. The molecule has 0 saturated carbocycles. The molecule has 0 bridgehead atoms. The number of nitrogens with one attached hydrogen (secondary N) is 2. The van der Waals surface area contributed by atoms with Crippen molar-refractivity contribution in [3.8, 4) is 5.75 Å². The summed E-state index contributed by atoms with van der Waals surface area (Å²) in [6.45, 7) is -0.202. The van der Waals surface area contributed by atoms with E-state index >= 15 is 0 Å². The van der Waals surface area contributed by atoms with E-state index in [1.54, 1.807) is 42.5 Å². The van der Waals surface area contributed by atoms with Gasteiger partial charge in [-0.25, -0.2) is 5.43 Å². The fraction of sp³-hybridized carbons (Fsp3) is 0.0500. The number of phenolic OH excluding ortho intramolecular Hbond substituents is 1. The van der Waals surface area contributed by atoms with Crippen molar-refractivity contribution in [3.05, 3.63) is 77.9 Å². The van der Waals surface area contributed by atoms with E-state index in [0.717, 1.165) is 10.8 Å². The van der Waals surface area contributed by atoms with Crippen LogP contribution < -0.4 is 10.7 Å². The smallest absolute Gasteiger partial charge is 0.259 e. The van der Waals surface area contributed by atoms with Gasteiger partial charge in [-0.1, -0.05) is 48.5 Å². The van der Waals surface area contributed by atoms with Crippen LogP contribution in [0.25, 0.3) is 10.8 Å². The van der Waals surface area contributed by atoms with Crippen LogP contribution in [0.5, 0.6) is 5.75 Å². The van der Waals surface area contributed by atoms with Gasteiger partial charge in [0, 0.05) is 11.1 Å². The molecule has 0 aliphatic carbocycles. The number of benzene rings is 3. The third-order valence-electron chi connectivity index (χ3n) is 3.78. The number of hydrogen-bond acceptors (Lipinski definition) is 4. The van der Waals surface area contributed by atoms with Gasteiger partial charge < -0.3 is 10.4 Å². The largest absolute Gasteiger partial charge is 0.507 e. The normalized spacial score (nSPS) is 10.8. The summed E-state index contributed by atoms with van der Waals surface area (Å²) in [4.78, 5) is 23.7. The average molecular weight is 347 g/mol. The lowest BCUT2D eigenvalue weighted by molar-refractivity contribution is -0.120. The maximum Gasteiger partial charge on any atom is 0.259 e. The lowest BCUT2D eigenvalue weighted by Gasteiger charge is -2.05. The van der Waals surface area contributed by atoms with Crippen molar-refractivity contribution >= 4 is 28.8 Å². The van der Waals surface area contributed by atoms with Crippen LogP contribution in [0.4, 0.5) is 0 Å². The van der Waals surface area contributed by atoms with Crippen LogP contribution in [0, 0.1) is 0 Å². The van der Waals surface area contributed by atoms with E-state index in [-0.39, 0.29) is 18.2 Å². The zero-order valence-electron chi connectivity index (χ0n) is 13.8. The topological polar surface area (TPSA) is 90.8 Å². The average Bonchev–Trinajstić information content (AvgIpc) is 2.68. The first-order valence-electron chi connectivity index (χ1n) is 8.01. The highest BCUT2D eigenvalue weighted by molar-refractivity contribution is 6.02. The molecule has 6 nitrogen and oxygen atoms in total. The van der Waals surface area contributed by atoms with Gasteiger partial charge in [-0.2, -0.15) is 5.10 Å². The molecule has 3 rings (SSSR count). The predicted molar refractivity (Wildman–Crippen MR) is 100 cm³/mol. The highest BCUT2D eigenvalue weighted by atomic mass is 16.3. The molecular weight excluding hydrogens is 330 g/mol. The molecule has 0 fully saturated rings. The Bertz CT molecular complexity index is 968. The first kappa shape index (κ1) is 17.2. The molecule has 26 heavy (non-hydrogen) atoms. The molecule has 0 spiro atoms. The number of aromatic hydroxyl groups is 1. The van der Waals surface area contributed by atoms with Gasteiger partial charge in [-0.3, -0.25) is 9.59 Å². The Morgan fingerprint density at radius 3 is 2.50 bits per heavy atom. The molecule has 0 atom stereocenters. The summed E-state index contributed by atoms with van der Waals surface area (Å²) in [5, 5.41) is 18.2. The van der Waals surface area contributed by atoms with Crippen molar-refractivity contribution in [2.45, 2.75) is 0 Å². The van der Waals surface area contributed by atoms with Gasteiger partial charge in [0.2, 0.25) is 0 Å². The fourth-order valence-corrected chi connectivity index (χ4v) is 2.48. The molecule has 0 unspecified atom stereocenters. The number of fused-ring (bicyclic) bond motifs is 1. The van der Waals surface area contributed by atoms with Crippen LogP contribution in [-0.2, 0) is 4.79 Å². The van der Waals surface area contributed by atoms with Gasteiger partial charge in [-0.05, 0) is 29.0 Å². The summed E-state index contributed by atoms with van der Waals surface area (Å²) in [7, 11) is 0. The number of hydrazone groups is 1. The maximum atomic E-state index is 11.9. The Hall–Kier alpha value is -3.67. The lowest BCUT2D eigenvalue weighted by atomic mass is 10.0. The lowest BCUT2D eigenvalue weighted by Crippen LogP contribution is -2.34. The van der Waals surface area contributed by atoms with Crippen LogP contribution >= 0.6 is 0 Å². The van der Waals surface area contributed by atoms with Crippen LogP contribution in [0.3, 0.4) is 0 Å². The first-order valence-corrected chi connectivity index (χ1v) is 8.01. The number of nitrogens with zero attached hydrogens (tertiary/aromatic N) is 1. The third kappa shape index (κ3) is 4.05. The number of carbonyl (C=O) groups is 2. The number of phenols is 1. The summed E-state index contributed by atoms with van der Waals surface area (Å²) in [6.07, 6.45) is 1.38. The highest BCUT2D eigenvalue weighted by Crippen LogP contribution is 2.25. The van der Waals surface area contributed by atoms with Crippen molar-refractivity contribution in [3.63, 3.8) is 0 Å². The molecular formula is C20H17N3O3. The van der Waals surface area contributed by atoms with Crippen LogP contribution in [-0.4, -0.2) is 29.7 Å². The van der Waals surface area contributed by atoms with Crippen molar-refractivity contribution in [1.29, 1.82) is 0 Å². The van der Waals surface area contributed by atoms with Crippen LogP contribution in [0.15, 0.2) is 71.8 Å². The SMILES string of the molecule is O=C(CNC(=O)c1ccccc1)N/N=C/c1c(O)ccc2ccccc12. The zero-order valence-corrected chi connectivity index (χ0v) is 13.8. The number of hydrogen-bond donors (Lipinski definition) is 3. The molecule has 3 aromatic rings. The minimum atomic E-state index is -0.467. The quantitative estimate of drug-likeness (QED) is 0.489. The predicted octanol–water partition coefficient (Wildman–Crippen LogP) is 2.43. The highest BCUT2D eigenvalue weighted by Gasteiger charge is 2.07. The Labute approximate surface area is 150 Å². The molecule has 0 heterocycles. The standard InChI is InChI=1S/C20H17N3O3/c24-18-11-10-14-6-4-5-9-16(14)17(18)12-22-23-19(25)13-21-20(26)15-7-2-1-3-8-15/h1-12,24H,13H2,(H,21,26)(H,23,25)/b22-12+. The van der Waals surface area contributed by atoms with Crippen molar-refractivity contribution < 1.29 is 14.7 Å². The molecule has 0 radical (unpaired) electrons. The molecule has 130 valence electrons. The minimum absolute atomic E-state index is 0.0686. The van der Waals surface area contributed by atoms with Crippen LogP contribution in [0.1, 0.15) is 15.9 Å². The summed E-state index contributed by atoms with van der Waals surface area (Å²) < 4.78 is 0. The second kappa shape index (κ2) is 7.94. The van der Waals surface area contributed by atoms with Gasteiger partial charge in [0.05, 0.1) is 12.8 Å². The monoisotopic (exact) mass is 347 g/mol. The second-order valence-corrected chi connectivity index (χ2v) is 5.56. The van der Waals surface area contributed by atoms with E-state index in [1.165, 1.54) is 6.21 Å². The minimum Gasteiger partial charge on any atom is -0.507 e. The Kier molecular flexibility index (Phi) is 5.24. The summed E-state index contributed by atoms with van der Waals surface area (Å²) in [5.74, 6) is -0.735. The van der Waals surface area contributed by atoms with Crippen molar-refractivity contribution in [1.82, 2.24) is 10.7 Å². The number of carbonyl (C=O) groups excluding carboxylic acids is 2. The van der Waals surface area contributed by atoms with Gasteiger partial charge in [0.25, 0.3) is 11.8 Å². The van der Waals surface area contributed by atoms with E-state index in [9.17, 15) is 14.7 Å². The van der Waals surface area contributed by atoms with Gasteiger partial charge >= 0.3 is 0 Å². The van der Waals surface area contributed by atoms with E-state index < -0.39 is 5.91 Å². The van der Waals surface area contributed by atoms with Crippen LogP contribution in [0.2, 0.25) is 0 Å². The Balaban J connectivity index is 1.60. The fourth-order valence-electron chi connectivity index (χ4n) is 2.48. The molecule has 0 saturated heterocycles. The second-order valence-electron chi connectivity index (χ2n) is 5.56. The summed E-state index contributed by atoms with van der Waals surface area (Å²) in [5.41, 5.74) is 3.32. The molecule has 0 aromatic heterocycles. The molecule has 3 N–H and O–H groups in total. The van der Waals surface area contributed by atoms with E-state index in [0.29, 0.717) is 11.1 Å². The van der Waals surface area contributed by atoms with E-state index in [4.69, 9.17) is 0 Å². The molecule has 6 heteroatoms. The van der Waals surface area contributed by atoms with E-state index in [2.05, 4.69) is 15.8 Å². The first-order chi connectivity index (χ1) is 12.6. The Morgan fingerprint density at radius 1 is 0.962 bits per heavy atom. The molecule has 2 amide bonds. The molecule has 0 aliphatic heterocycles. The van der Waals surface area contributed by atoms with E-state index in [1.807, 2.05) is 24.3 Å². The molecule has 3 aromatic carbocycles. The molecule has 0 aliphatic rings. The van der Waals surface area contributed by atoms with Gasteiger partial charge in [-0.15, -0.1) is 0 Å². The summed E-state index contributed by atoms with van der Waals surface area (Å²) >= 11 is 0. The van der Waals surface area contributed by atoms with Gasteiger partial charge in [0.15, 0.2) is 0 Å². The number of amides is 2. The maximum absolute atomic E-state index is 11.9. The van der Waals surface area contributed by atoms with Crippen molar-refractivity contribution in [2.75, 3.05) is 6.54 Å². The van der Waals surface area contributed by atoms with Gasteiger partial charge in [0.1, 0.15) is 5.75 Å². The summed E-state index contributed by atoms with van der Waals surface area (Å²) in [6, 6.07) is 19.5. The number of rotatable bonds is 5.